The van der Waals surface area contributed by atoms with Gasteiger partial charge in [-0.3, -0.25) is 0 Å². The van der Waals surface area contributed by atoms with Gasteiger partial charge < -0.3 is 0 Å². The fourth-order valence-corrected chi connectivity index (χ4v) is 1.27. The summed E-state index contributed by atoms with van der Waals surface area (Å²) >= 11 is 0. The van der Waals surface area contributed by atoms with Gasteiger partial charge in [-0.15, -0.1) is 13.0 Å². The SMILES string of the molecule is C#C[C@H](CC=C)c1ccc(C)cc1. The number of terminal acetylenes is 1. The van der Waals surface area contributed by atoms with Gasteiger partial charge in [0.05, 0.1) is 0 Å². The summed E-state index contributed by atoms with van der Waals surface area (Å²) in [4.78, 5) is 0. The monoisotopic (exact) mass is 170 g/mol. The van der Waals surface area contributed by atoms with Crippen molar-refractivity contribution in [3.63, 3.8) is 0 Å². The predicted molar refractivity (Wildman–Crippen MR) is 57.6 cm³/mol. The van der Waals surface area contributed by atoms with Crippen molar-refractivity contribution in [1.29, 1.82) is 0 Å². The fraction of sp³-hybridized carbons (Fsp3) is 0.231. The normalized spacial score (nSPS) is 11.7. The Morgan fingerprint density at radius 3 is 2.54 bits per heavy atom. The van der Waals surface area contributed by atoms with Crippen LogP contribution in [0.25, 0.3) is 0 Å². The second kappa shape index (κ2) is 4.52. The van der Waals surface area contributed by atoms with Crippen LogP contribution in [0.1, 0.15) is 23.5 Å². The van der Waals surface area contributed by atoms with Gasteiger partial charge in [0.2, 0.25) is 0 Å². The molecule has 0 aliphatic rings. The Bertz CT molecular complexity index is 311. The van der Waals surface area contributed by atoms with Crippen molar-refractivity contribution < 1.29 is 0 Å². The Kier molecular flexibility index (Phi) is 3.34. The highest BCUT2D eigenvalue weighted by Crippen LogP contribution is 2.19. The van der Waals surface area contributed by atoms with Crippen molar-refractivity contribution in [2.24, 2.45) is 0 Å². The van der Waals surface area contributed by atoms with Crippen molar-refractivity contribution in [2.75, 3.05) is 0 Å². The van der Waals surface area contributed by atoms with Crippen molar-refractivity contribution in [2.45, 2.75) is 19.3 Å². The van der Waals surface area contributed by atoms with E-state index in [1.165, 1.54) is 11.1 Å². The summed E-state index contributed by atoms with van der Waals surface area (Å²) in [6, 6.07) is 8.35. The molecule has 1 rings (SSSR count). The third kappa shape index (κ3) is 2.49. The highest BCUT2D eigenvalue weighted by molar-refractivity contribution is 5.29. The van der Waals surface area contributed by atoms with Gasteiger partial charge >= 0.3 is 0 Å². The van der Waals surface area contributed by atoms with Gasteiger partial charge in [-0.1, -0.05) is 41.8 Å². The lowest BCUT2D eigenvalue weighted by atomic mass is 9.96. The molecule has 0 heterocycles. The average Bonchev–Trinajstić information content (AvgIpc) is 2.16. The van der Waals surface area contributed by atoms with Gasteiger partial charge in [-0.2, -0.15) is 0 Å². The molecule has 0 bridgehead atoms. The number of rotatable bonds is 3. The van der Waals surface area contributed by atoms with Gasteiger partial charge in [-0.25, -0.2) is 0 Å². The van der Waals surface area contributed by atoms with Gasteiger partial charge in [0.1, 0.15) is 0 Å². The van der Waals surface area contributed by atoms with Gasteiger partial charge in [0, 0.05) is 5.92 Å². The lowest BCUT2D eigenvalue weighted by Gasteiger charge is -2.07. The third-order valence-corrected chi connectivity index (χ3v) is 2.08. The molecular formula is C13H14. The van der Waals surface area contributed by atoms with Crippen LogP contribution in [0, 0.1) is 19.3 Å². The molecule has 0 fully saturated rings. The van der Waals surface area contributed by atoms with Crippen LogP contribution in [0.4, 0.5) is 0 Å². The molecule has 0 spiro atoms. The maximum Gasteiger partial charge on any atom is 0.0483 e. The summed E-state index contributed by atoms with van der Waals surface area (Å²) in [5.41, 5.74) is 2.46. The molecule has 0 saturated heterocycles. The summed E-state index contributed by atoms with van der Waals surface area (Å²) in [5, 5.41) is 0. The number of hydrogen-bond acceptors (Lipinski definition) is 0. The first-order chi connectivity index (χ1) is 6.27. The first-order valence-corrected chi connectivity index (χ1v) is 4.41. The zero-order chi connectivity index (χ0) is 9.68. The number of aryl methyl sites for hydroxylation is 1. The van der Waals surface area contributed by atoms with Crippen LogP contribution < -0.4 is 0 Å². The Morgan fingerprint density at radius 2 is 2.08 bits per heavy atom. The minimum atomic E-state index is 0.179. The van der Waals surface area contributed by atoms with Crippen LogP contribution in [0.5, 0.6) is 0 Å². The third-order valence-electron chi connectivity index (χ3n) is 2.08. The standard InChI is InChI=1S/C13H14/c1-4-6-12(5-2)13-9-7-11(3)8-10-13/h2,4,7-10,12H,1,6H2,3H3/t12-/m1/s1. The molecule has 1 atom stereocenters. The predicted octanol–water partition coefficient (Wildman–Crippen LogP) is 3.29. The van der Waals surface area contributed by atoms with Crippen LogP contribution in [-0.4, -0.2) is 0 Å². The quantitative estimate of drug-likeness (QED) is 0.482. The Balaban J connectivity index is 2.87. The van der Waals surface area contributed by atoms with Crippen molar-refractivity contribution in [3.05, 3.63) is 48.0 Å². The lowest BCUT2D eigenvalue weighted by Crippen LogP contribution is -1.93. The molecule has 66 valence electrons. The molecule has 0 amide bonds. The zero-order valence-electron chi connectivity index (χ0n) is 7.96. The van der Waals surface area contributed by atoms with Gasteiger partial charge in [0.25, 0.3) is 0 Å². The van der Waals surface area contributed by atoms with E-state index in [2.05, 4.69) is 43.7 Å². The molecule has 0 aliphatic heterocycles. The van der Waals surface area contributed by atoms with E-state index in [4.69, 9.17) is 6.42 Å². The zero-order valence-corrected chi connectivity index (χ0v) is 7.96. The Labute approximate surface area is 80.3 Å². The molecular weight excluding hydrogens is 156 g/mol. The van der Waals surface area contributed by atoms with E-state index in [1.807, 2.05) is 6.08 Å². The van der Waals surface area contributed by atoms with Crippen LogP contribution in [-0.2, 0) is 0 Å². The van der Waals surface area contributed by atoms with E-state index in [0.717, 1.165) is 6.42 Å². The minimum absolute atomic E-state index is 0.179. The number of hydrogen-bond donors (Lipinski definition) is 0. The molecule has 0 heteroatoms. The van der Waals surface area contributed by atoms with E-state index < -0.39 is 0 Å². The Morgan fingerprint density at radius 1 is 1.46 bits per heavy atom. The first-order valence-electron chi connectivity index (χ1n) is 4.41. The molecule has 13 heavy (non-hydrogen) atoms. The van der Waals surface area contributed by atoms with Crippen LogP contribution >= 0.6 is 0 Å². The highest BCUT2D eigenvalue weighted by Gasteiger charge is 2.04. The van der Waals surface area contributed by atoms with E-state index >= 15 is 0 Å². The summed E-state index contributed by atoms with van der Waals surface area (Å²) in [7, 11) is 0. The molecule has 0 aromatic heterocycles. The van der Waals surface area contributed by atoms with E-state index in [1.54, 1.807) is 0 Å². The first kappa shape index (κ1) is 9.61. The average molecular weight is 170 g/mol. The van der Waals surface area contributed by atoms with Crippen molar-refractivity contribution >= 4 is 0 Å². The van der Waals surface area contributed by atoms with Crippen molar-refractivity contribution in [1.82, 2.24) is 0 Å². The second-order valence-corrected chi connectivity index (χ2v) is 3.15. The van der Waals surface area contributed by atoms with Gasteiger partial charge in [0.15, 0.2) is 0 Å². The highest BCUT2D eigenvalue weighted by atomic mass is 14.1. The Hall–Kier alpha value is -1.48. The summed E-state index contributed by atoms with van der Waals surface area (Å²) in [5.74, 6) is 2.95. The van der Waals surface area contributed by atoms with E-state index in [9.17, 15) is 0 Å². The molecule has 0 radical (unpaired) electrons. The maximum absolute atomic E-state index is 5.43. The molecule has 0 saturated carbocycles. The molecule has 0 aliphatic carbocycles. The lowest BCUT2D eigenvalue weighted by molar-refractivity contribution is 0.895. The van der Waals surface area contributed by atoms with Crippen LogP contribution in [0.15, 0.2) is 36.9 Å². The fourth-order valence-electron chi connectivity index (χ4n) is 1.27. The van der Waals surface area contributed by atoms with Gasteiger partial charge in [-0.05, 0) is 18.9 Å². The summed E-state index contributed by atoms with van der Waals surface area (Å²) in [6.07, 6.45) is 8.14. The molecule has 0 N–H and O–H groups in total. The number of allylic oxidation sites excluding steroid dienone is 1. The topological polar surface area (TPSA) is 0 Å². The molecule has 1 aromatic rings. The van der Waals surface area contributed by atoms with E-state index in [0.29, 0.717) is 0 Å². The van der Waals surface area contributed by atoms with E-state index in [-0.39, 0.29) is 5.92 Å². The molecule has 0 unspecified atom stereocenters. The smallest absolute Gasteiger partial charge is 0.0483 e. The summed E-state index contributed by atoms with van der Waals surface area (Å²) in [6.45, 7) is 5.77. The summed E-state index contributed by atoms with van der Waals surface area (Å²) < 4.78 is 0. The number of benzene rings is 1. The largest absolute Gasteiger partial charge is 0.119 e. The minimum Gasteiger partial charge on any atom is -0.119 e. The van der Waals surface area contributed by atoms with Crippen molar-refractivity contribution in [3.8, 4) is 12.3 Å². The maximum atomic E-state index is 5.43. The second-order valence-electron chi connectivity index (χ2n) is 3.15. The van der Waals surface area contributed by atoms with Crippen LogP contribution in [0.2, 0.25) is 0 Å². The molecule has 0 nitrogen and oxygen atoms in total. The molecule has 1 aromatic carbocycles. The van der Waals surface area contributed by atoms with Crippen LogP contribution in [0.3, 0.4) is 0 Å².